The number of aromatic nitrogens is 5. The van der Waals surface area contributed by atoms with Crippen LogP contribution in [0.2, 0.25) is 0 Å². The van der Waals surface area contributed by atoms with Crippen molar-refractivity contribution >= 4 is 0 Å². The van der Waals surface area contributed by atoms with E-state index in [1.165, 1.54) is 6.33 Å². The lowest BCUT2D eigenvalue weighted by Gasteiger charge is -2.15. The smallest absolute Gasteiger partial charge is 0.147 e. The second kappa shape index (κ2) is 4.89. The van der Waals surface area contributed by atoms with E-state index < -0.39 is 0 Å². The van der Waals surface area contributed by atoms with Crippen LogP contribution in [0, 0.1) is 0 Å². The number of aromatic amines is 1. The molecule has 2 rings (SSSR count). The fraction of sp³-hybridized carbons (Fsp3) is 0.500. The first kappa shape index (κ1) is 10.8. The lowest BCUT2D eigenvalue weighted by molar-refractivity contribution is 0.533. The maximum atomic E-state index is 4.20. The summed E-state index contributed by atoms with van der Waals surface area (Å²) in [7, 11) is 1.92. The first-order valence-electron chi connectivity index (χ1n) is 5.39. The fourth-order valence-electron chi connectivity index (χ4n) is 1.65. The Morgan fingerprint density at radius 2 is 2.44 bits per heavy atom. The Kier molecular flexibility index (Phi) is 3.31. The summed E-state index contributed by atoms with van der Waals surface area (Å²) < 4.78 is 1.84. The summed E-state index contributed by atoms with van der Waals surface area (Å²) in [5.41, 5.74) is 1.07. The molecule has 6 heteroatoms. The van der Waals surface area contributed by atoms with Crippen LogP contribution in [0.4, 0.5) is 0 Å². The minimum absolute atomic E-state index is 0.0231. The number of nitrogens with zero attached hydrogens (tertiary/aromatic N) is 4. The molecule has 0 aromatic carbocycles. The molecule has 1 unspecified atom stereocenters. The van der Waals surface area contributed by atoms with E-state index in [9.17, 15) is 0 Å². The normalized spacial score (nSPS) is 12.9. The third-order valence-corrected chi connectivity index (χ3v) is 2.46. The van der Waals surface area contributed by atoms with Crippen molar-refractivity contribution in [1.82, 2.24) is 30.3 Å². The van der Waals surface area contributed by atoms with Gasteiger partial charge in [-0.15, -0.1) is 0 Å². The number of nitrogens with one attached hydrogen (secondary N) is 2. The molecule has 0 saturated heterocycles. The highest BCUT2D eigenvalue weighted by molar-refractivity contribution is 5.15. The van der Waals surface area contributed by atoms with E-state index in [0.29, 0.717) is 0 Å². The zero-order valence-corrected chi connectivity index (χ0v) is 9.51. The molecule has 86 valence electrons. The average Bonchev–Trinajstić information content (AvgIpc) is 2.91. The van der Waals surface area contributed by atoms with Gasteiger partial charge in [-0.3, -0.25) is 9.78 Å². The average molecular weight is 220 g/mol. The predicted octanol–water partition coefficient (Wildman–Crippen LogP) is 0.627. The van der Waals surface area contributed by atoms with Gasteiger partial charge in [-0.1, -0.05) is 6.92 Å². The molecule has 0 spiro atoms. The van der Waals surface area contributed by atoms with Gasteiger partial charge in [0.25, 0.3) is 0 Å². The molecule has 0 fully saturated rings. The summed E-state index contributed by atoms with van der Waals surface area (Å²) in [4.78, 5) is 4.20. The number of hydrogen-bond acceptors (Lipinski definition) is 4. The molecule has 0 aliphatic carbocycles. The molecule has 0 amide bonds. The SMILES string of the molecule is CCCNC(c1ncn[nH]1)c1ccnn1C. The summed E-state index contributed by atoms with van der Waals surface area (Å²) in [5.74, 6) is 0.817. The minimum Gasteiger partial charge on any atom is -0.302 e. The van der Waals surface area contributed by atoms with Crippen LogP contribution in [-0.2, 0) is 7.05 Å². The molecular formula is C10H16N6. The molecule has 2 aromatic rings. The number of rotatable bonds is 5. The molecule has 6 nitrogen and oxygen atoms in total. The number of aryl methyl sites for hydroxylation is 1. The summed E-state index contributed by atoms with van der Waals surface area (Å²) >= 11 is 0. The quantitative estimate of drug-likeness (QED) is 0.775. The van der Waals surface area contributed by atoms with Crippen LogP contribution in [-0.4, -0.2) is 31.5 Å². The van der Waals surface area contributed by atoms with Crippen LogP contribution in [0.25, 0.3) is 0 Å². The summed E-state index contributed by atoms with van der Waals surface area (Å²) in [5, 5.41) is 14.4. The third-order valence-electron chi connectivity index (χ3n) is 2.46. The Bertz CT molecular complexity index is 418. The highest BCUT2D eigenvalue weighted by Crippen LogP contribution is 2.17. The lowest BCUT2D eigenvalue weighted by Crippen LogP contribution is -2.26. The van der Waals surface area contributed by atoms with Crippen LogP contribution < -0.4 is 5.32 Å². The van der Waals surface area contributed by atoms with Crippen LogP contribution >= 0.6 is 0 Å². The molecule has 0 saturated carbocycles. The van der Waals surface area contributed by atoms with Gasteiger partial charge in [-0.2, -0.15) is 10.2 Å². The van der Waals surface area contributed by atoms with Crippen molar-refractivity contribution < 1.29 is 0 Å². The van der Waals surface area contributed by atoms with Crippen LogP contribution in [0.3, 0.4) is 0 Å². The lowest BCUT2D eigenvalue weighted by atomic mass is 10.2. The highest BCUT2D eigenvalue weighted by atomic mass is 15.3. The van der Waals surface area contributed by atoms with Crippen molar-refractivity contribution in [3.8, 4) is 0 Å². The first-order valence-corrected chi connectivity index (χ1v) is 5.39. The van der Waals surface area contributed by atoms with Gasteiger partial charge in [0.15, 0.2) is 0 Å². The number of H-pyrrole nitrogens is 1. The van der Waals surface area contributed by atoms with E-state index in [2.05, 4.69) is 32.5 Å². The molecule has 2 aromatic heterocycles. The Hall–Kier alpha value is -1.69. The van der Waals surface area contributed by atoms with Gasteiger partial charge in [-0.05, 0) is 19.0 Å². The van der Waals surface area contributed by atoms with Gasteiger partial charge in [0.1, 0.15) is 18.2 Å². The van der Waals surface area contributed by atoms with Crippen molar-refractivity contribution in [3.63, 3.8) is 0 Å². The van der Waals surface area contributed by atoms with Gasteiger partial charge in [0.05, 0.1) is 5.69 Å². The molecule has 16 heavy (non-hydrogen) atoms. The van der Waals surface area contributed by atoms with Gasteiger partial charge < -0.3 is 5.32 Å². The molecule has 1 atom stereocenters. The molecule has 0 aliphatic rings. The summed E-state index contributed by atoms with van der Waals surface area (Å²) in [6, 6.07) is 2.01. The van der Waals surface area contributed by atoms with E-state index in [1.807, 2.05) is 17.8 Å². The van der Waals surface area contributed by atoms with Crippen molar-refractivity contribution in [1.29, 1.82) is 0 Å². The van der Waals surface area contributed by atoms with Crippen molar-refractivity contribution in [2.75, 3.05) is 6.54 Å². The number of hydrogen-bond donors (Lipinski definition) is 2. The Labute approximate surface area is 94.1 Å². The van der Waals surface area contributed by atoms with Crippen molar-refractivity contribution in [2.24, 2.45) is 7.05 Å². The molecule has 0 aliphatic heterocycles. The maximum absolute atomic E-state index is 4.20. The summed E-state index contributed by atoms with van der Waals surface area (Å²) in [6.07, 6.45) is 4.38. The zero-order chi connectivity index (χ0) is 11.4. The fourth-order valence-corrected chi connectivity index (χ4v) is 1.65. The minimum atomic E-state index is 0.0231. The summed E-state index contributed by atoms with van der Waals surface area (Å²) in [6.45, 7) is 3.06. The van der Waals surface area contributed by atoms with E-state index >= 15 is 0 Å². The van der Waals surface area contributed by atoms with Crippen LogP contribution in [0.15, 0.2) is 18.6 Å². The Morgan fingerprint density at radius 3 is 3.00 bits per heavy atom. The third kappa shape index (κ3) is 2.11. The molecule has 0 bridgehead atoms. The second-order valence-electron chi connectivity index (χ2n) is 3.64. The first-order chi connectivity index (χ1) is 7.83. The van der Waals surface area contributed by atoms with Gasteiger partial charge in [-0.25, -0.2) is 4.98 Å². The molecule has 0 radical (unpaired) electrons. The topological polar surface area (TPSA) is 71.4 Å². The van der Waals surface area contributed by atoms with Crippen molar-refractivity contribution in [2.45, 2.75) is 19.4 Å². The van der Waals surface area contributed by atoms with Crippen LogP contribution in [0.1, 0.15) is 30.9 Å². The monoisotopic (exact) mass is 220 g/mol. The molecule has 2 N–H and O–H groups in total. The Morgan fingerprint density at radius 1 is 1.56 bits per heavy atom. The largest absolute Gasteiger partial charge is 0.302 e. The van der Waals surface area contributed by atoms with E-state index in [1.54, 1.807) is 6.20 Å². The molecular weight excluding hydrogens is 204 g/mol. The van der Waals surface area contributed by atoms with Crippen LogP contribution in [0.5, 0.6) is 0 Å². The zero-order valence-electron chi connectivity index (χ0n) is 9.51. The van der Waals surface area contributed by atoms with Gasteiger partial charge in [0, 0.05) is 13.2 Å². The van der Waals surface area contributed by atoms with Gasteiger partial charge >= 0.3 is 0 Å². The highest BCUT2D eigenvalue weighted by Gasteiger charge is 2.18. The van der Waals surface area contributed by atoms with Crippen molar-refractivity contribution in [3.05, 3.63) is 30.1 Å². The van der Waals surface area contributed by atoms with E-state index in [4.69, 9.17) is 0 Å². The predicted molar refractivity (Wildman–Crippen MR) is 59.7 cm³/mol. The van der Waals surface area contributed by atoms with Gasteiger partial charge in [0.2, 0.25) is 0 Å². The van der Waals surface area contributed by atoms with E-state index in [0.717, 1.165) is 24.5 Å². The standard InChI is InChI=1S/C10H16N6/c1-3-5-11-9(10-12-7-13-15-10)8-4-6-14-16(8)2/h4,6-7,9,11H,3,5H2,1-2H3,(H,12,13,15). The second-order valence-corrected chi connectivity index (χ2v) is 3.64. The maximum Gasteiger partial charge on any atom is 0.147 e. The Balaban J connectivity index is 2.25. The molecule has 2 heterocycles. The van der Waals surface area contributed by atoms with E-state index in [-0.39, 0.29) is 6.04 Å².